The number of halogens is 1. The minimum Gasteiger partial charge on any atom is -0.491 e. The number of aliphatic hydroxyl groups is 1. The van der Waals surface area contributed by atoms with Crippen LogP contribution in [0.1, 0.15) is 24.6 Å². The number of ether oxygens (including phenoxy) is 1. The molecule has 134 valence electrons. The summed E-state index contributed by atoms with van der Waals surface area (Å²) in [6.07, 6.45) is 1.05. The van der Waals surface area contributed by atoms with Gasteiger partial charge in [-0.05, 0) is 37.6 Å². The van der Waals surface area contributed by atoms with Gasteiger partial charge < -0.3 is 19.3 Å². The average Bonchev–Trinajstić information content (AvgIpc) is 3.19. The molecular formula is C17H20FN3O4. The van der Waals surface area contributed by atoms with E-state index >= 15 is 0 Å². The van der Waals surface area contributed by atoms with Gasteiger partial charge >= 0.3 is 0 Å². The lowest BCUT2D eigenvalue weighted by atomic mass is 10.1. The van der Waals surface area contributed by atoms with Crippen molar-refractivity contribution in [3.8, 4) is 5.75 Å². The number of likely N-dealkylation sites (tertiary alicyclic amines) is 1. The molecule has 0 aliphatic carbocycles. The number of hydrogen-bond donors (Lipinski definition) is 1. The lowest BCUT2D eigenvalue weighted by Gasteiger charge is -2.23. The molecule has 1 atom stereocenters. The smallest absolute Gasteiger partial charge is 0.227 e. The zero-order valence-electron chi connectivity index (χ0n) is 13.9. The highest BCUT2D eigenvalue weighted by atomic mass is 19.1. The van der Waals surface area contributed by atoms with Crippen LogP contribution in [0.15, 0.2) is 28.8 Å². The van der Waals surface area contributed by atoms with Crippen molar-refractivity contribution in [2.75, 3.05) is 19.7 Å². The van der Waals surface area contributed by atoms with Crippen molar-refractivity contribution in [3.63, 3.8) is 0 Å². The van der Waals surface area contributed by atoms with Crippen molar-refractivity contribution in [1.29, 1.82) is 0 Å². The Hall–Kier alpha value is -2.48. The number of rotatable bonds is 6. The third kappa shape index (κ3) is 4.54. The zero-order chi connectivity index (χ0) is 17.9. The first-order valence-corrected chi connectivity index (χ1v) is 8.11. The molecule has 1 N–H and O–H groups in total. The highest BCUT2D eigenvalue weighted by Crippen LogP contribution is 2.24. The summed E-state index contributed by atoms with van der Waals surface area (Å²) in [6.45, 7) is 2.43. The fourth-order valence-electron chi connectivity index (χ4n) is 2.75. The fraction of sp³-hybridized carbons (Fsp3) is 0.471. The molecule has 25 heavy (non-hydrogen) atoms. The van der Waals surface area contributed by atoms with Gasteiger partial charge in [-0.25, -0.2) is 4.39 Å². The van der Waals surface area contributed by atoms with Crippen molar-refractivity contribution in [2.45, 2.75) is 31.8 Å². The summed E-state index contributed by atoms with van der Waals surface area (Å²) in [5.41, 5.74) is -1.11. The first-order valence-electron chi connectivity index (χ1n) is 8.11. The Labute approximate surface area is 144 Å². The molecule has 1 fully saturated rings. The molecule has 1 aromatic heterocycles. The van der Waals surface area contributed by atoms with Gasteiger partial charge in [-0.1, -0.05) is 5.16 Å². The Kier molecular flexibility index (Phi) is 4.98. The molecule has 0 bridgehead atoms. The molecule has 0 spiro atoms. The number of carbonyl (C=O) groups is 1. The number of nitrogens with zero attached hydrogens (tertiary/aromatic N) is 3. The second-order valence-electron chi connectivity index (χ2n) is 6.27. The minimum atomic E-state index is -1.11. The van der Waals surface area contributed by atoms with Gasteiger partial charge in [0.15, 0.2) is 5.82 Å². The number of amides is 1. The summed E-state index contributed by atoms with van der Waals surface area (Å²) in [6, 6.07) is 5.60. The van der Waals surface area contributed by atoms with Crippen molar-refractivity contribution >= 4 is 5.91 Å². The van der Waals surface area contributed by atoms with E-state index < -0.39 is 5.60 Å². The van der Waals surface area contributed by atoms with E-state index in [-0.39, 0.29) is 31.3 Å². The number of carbonyl (C=O) groups excluding carboxylic acids is 1. The number of benzene rings is 1. The lowest BCUT2D eigenvalue weighted by molar-refractivity contribution is -0.131. The second kappa shape index (κ2) is 7.18. The summed E-state index contributed by atoms with van der Waals surface area (Å²) in [5.74, 6) is 1.02. The number of aromatic nitrogens is 2. The number of aryl methyl sites for hydroxylation is 2. The SMILES string of the molecule is Cc1noc(CCC(=O)N2CC[C@@](O)(COc3ccc(F)cc3)C2)n1. The molecule has 1 aromatic carbocycles. The van der Waals surface area contributed by atoms with E-state index in [0.29, 0.717) is 36.9 Å². The molecule has 1 saturated heterocycles. The number of β-amino-alcohol motifs (C(OH)–C–C–N with tert-alkyl or cyclic N) is 1. The highest BCUT2D eigenvalue weighted by molar-refractivity contribution is 5.76. The predicted molar refractivity (Wildman–Crippen MR) is 85.4 cm³/mol. The van der Waals surface area contributed by atoms with E-state index in [2.05, 4.69) is 10.1 Å². The topological polar surface area (TPSA) is 88.7 Å². The Balaban J connectivity index is 1.47. The molecule has 1 amide bonds. The molecule has 2 aromatic rings. The minimum absolute atomic E-state index is 0.0469. The summed E-state index contributed by atoms with van der Waals surface area (Å²) in [7, 11) is 0. The molecular weight excluding hydrogens is 329 g/mol. The molecule has 3 rings (SSSR count). The van der Waals surface area contributed by atoms with Crippen LogP contribution < -0.4 is 4.74 Å². The Morgan fingerprint density at radius 2 is 2.20 bits per heavy atom. The molecule has 0 radical (unpaired) electrons. The monoisotopic (exact) mass is 349 g/mol. The van der Waals surface area contributed by atoms with Crippen LogP contribution in [0.25, 0.3) is 0 Å². The molecule has 1 aliphatic rings. The third-order valence-electron chi connectivity index (χ3n) is 4.13. The van der Waals surface area contributed by atoms with Gasteiger partial charge in [0, 0.05) is 19.4 Å². The Morgan fingerprint density at radius 3 is 2.88 bits per heavy atom. The van der Waals surface area contributed by atoms with E-state index in [4.69, 9.17) is 9.26 Å². The maximum atomic E-state index is 12.9. The summed E-state index contributed by atoms with van der Waals surface area (Å²) >= 11 is 0. The van der Waals surface area contributed by atoms with Gasteiger partial charge in [0.05, 0.1) is 6.54 Å². The van der Waals surface area contributed by atoms with Crippen molar-refractivity contribution in [1.82, 2.24) is 15.0 Å². The molecule has 0 unspecified atom stereocenters. The van der Waals surface area contributed by atoms with Gasteiger partial charge in [0.1, 0.15) is 23.8 Å². The molecule has 1 aliphatic heterocycles. The predicted octanol–water partition coefficient (Wildman–Crippen LogP) is 1.49. The zero-order valence-corrected chi connectivity index (χ0v) is 13.9. The quantitative estimate of drug-likeness (QED) is 0.850. The van der Waals surface area contributed by atoms with Crippen LogP contribution in [0, 0.1) is 12.7 Å². The third-order valence-corrected chi connectivity index (χ3v) is 4.13. The number of hydrogen-bond acceptors (Lipinski definition) is 6. The fourth-order valence-corrected chi connectivity index (χ4v) is 2.75. The summed E-state index contributed by atoms with van der Waals surface area (Å²) in [4.78, 5) is 17.9. The largest absolute Gasteiger partial charge is 0.491 e. The Bertz CT molecular complexity index is 734. The summed E-state index contributed by atoms with van der Waals surface area (Å²) in [5, 5.41) is 14.3. The Morgan fingerprint density at radius 1 is 1.44 bits per heavy atom. The van der Waals surface area contributed by atoms with Gasteiger partial charge in [0.2, 0.25) is 11.8 Å². The second-order valence-corrected chi connectivity index (χ2v) is 6.27. The van der Waals surface area contributed by atoms with E-state index in [1.165, 1.54) is 24.3 Å². The lowest BCUT2D eigenvalue weighted by Crippen LogP contribution is -2.40. The standard InChI is InChI=1S/C17H20FN3O4/c1-12-19-15(25-20-12)6-7-16(22)21-9-8-17(23,10-21)11-24-14-4-2-13(18)3-5-14/h2-5,23H,6-11H2,1H3/t17-/m0/s1. The van der Waals surface area contributed by atoms with Gasteiger partial charge in [-0.2, -0.15) is 4.98 Å². The maximum Gasteiger partial charge on any atom is 0.227 e. The first kappa shape index (κ1) is 17.3. The van der Waals surface area contributed by atoms with Crippen LogP contribution >= 0.6 is 0 Å². The van der Waals surface area contributed by atoms with E-state index in [1.54, 1.807) is 11.8 Å². The van der Waals surface area contributed by atoms with Crippen LogP contribution in [0.2, 0.25) is 0 Å². The first-order chi connectivity index (χ1) is 11.9. The van der Waals surface area contributed by atoms with Crippen LogP contribution in [0.3, 0.4) is 0 Å². The maximum absolute atomic E-state index is 12.9. The molecule has 2 heterocycles. The van der Waals surface area contributed by atoms with Gasteiger partial charge in [-0.3, -0.25) is 4.79 Å². The van der Waals surface area contributed by atoms with Crippen LogP contribution in [0.4, 0.5) is 4.39 Å². The van der Waals surface area contributed by atoms with Crippen LogP contribution in [-0.4, -0.2) is 51.4 Å². The van der Waals surface area contributed by atoms with Crippen molar-refractivity contribution in [2.24, 2.45) is 0 Å². The highest BCUT2D eigenvalue weighted by Gasteiger charge is 2.38. The van der Waals surface area contributed by atoms with Gasteiger partial charge in [0.25, 0.3) is 0 Å². The summed E-state index contributed by atoms with van der Waals surface area (Å²) < 4.78 is 23.4. The van der Waals surface area contributed by atoms with Crippen LogP contribution in [0.5, 0.6) is 5.75 Å². The molecule has 7 nitrogen and oxygen atoms in total. The van der Waals surface area contributed by atoms with Crippen LogP contribution in [-0.2, 0) is 11.2 Å². The molecule has 8 heteroatoms. The van der Waals surface area contributed by atoms with Gasteiger partial charge in [-0.15, -0.1) is 0 Å². The molecule has 0 saturated carbocycles. The normalized spacial score (nSPS) is 20.0. The van der Waals surface area contributed by atoms with E-state index in [1.807, 2.05) is 0 Å². The van der Waals surface area contributed by atoms with Crippen molar-refractivity contribution < 1.29 is 23.6 Å². The van der Waals surface area contributed by atoms with Crippen molar-refractivity contribution in [3.05, 3.63) is 41.8 Å². The van der Waals surface area contributed by atoms with E-state index in [9.17, 15) is 14.3 Å². The van der Waals surface area contributed by atoms with E-state index in [0.717, 1.165) is 0 Å². The average molecular weight is 349 g/mol.